The maximum absolute atomic E-state index is 5.79. The van der Waals surface area contributed by atoms with Gasteiger partial charge in [-0.2, -0.15) is 0 Å². The first-order chi connectivity index (χ1) is 5.70. The van der Waals surface area contributed by atoms with Gasteiger partial charge in [0.15, 0.2) is 0 Å². The van der Waals surface area contributed by atoms with Crippen LogP contribution in [0.1, 0.15) is 6.92 Å². The highest BCUT2D eigenvalue weighted by Gasteiger charge is 1.99. The topological polar surface area (TPSA) is 24.9 Å². The quantitative estimate of drug-likeness (QED) is 0.833. The van der Waals surface area contributed by atoms with Gasteiger partial charge in [0.05, 0.1) is 10.2 Å². The Kier molecular flexibility index (Phi) is 3.82. The van der Waals surface area contributed by atoms with Crippen LogP contribution >= 0.6 is 27.5 Å². The standard InChI is InChI=1S/C8H10BrClN2/c1-6(10)4-12-8-2-3-11-5-7(8)9/h2-3,5-6H,4H2,1H3,(H,11,12). The maximum atomic E-state index is 5.79. The van der Waals surface area contributed by atoms with Crippen LogP contribution in [0.2, 0.25) is 0 Å². The van der Waals surface area contributed by atoms with Crippen molar-refractivity contribution in [2.45, 2.75) is 12.3 Å². The Bertz CT molecular complexity index is 253. The average Bonchev–Trinajstić information content (AvgIpc) is 2.03. The molecule has 0 fully saturated rings. The third-order valence-electron chi connectivity index (χ3n) is 1.35. The van der Waals surface area contributed by atoms with Gasteiger partial charge in [-0.25, -0.2) is 0 Å². The van der Waals surface area contributed by atoms with Gasteiger partial charge in [0.2, 0.25) is 0 Å². The second-order valence-electron chi connectivity index (χ2n) is 2.52. The summed E-state index contributed by atoms with van der Waals surface area (Å²) < 4.78 is 0.960. The van der Waals surface area contributed by atoms with Crippen LogP contribution in [0.25, 0.3) is 0 Å². The van der Waals surface area contributed by atoms with Gasteiger partial charge in [-0.1, -0.05) is 0 Å². The summed E-state index contributed by atoms with van der Waals surface area (Å²) in [5.41, 5.74) is 1.03. The second-order valence-corrected chi connectivity index (χ2v) is 4.12. The van der Waals surface area contributed by atoms with E-state index in [1.54, 1.807) is 12.4 Å². The Morgan fingerprint density at radius 3 is 3.08 bits per heavy atom. The van der Waals surface area contributed by atoms with Crippen molar-refractivity contribution in [2.24, 2.45) is 0 Å². The van der Waals surface area contributed by atoms with Gasteiger partial charge in [0, 0.05) is 24.3 Å². The van der Waals surface area contributed by atoms with E-state index in [2.05, 4.69) is 26.2 Å². The Morgan fingerprint density at radius 2 is 2.50 bits per heavy atom. The van der Waals surface area contributed by atoms with E-state index in [-0.39, 0.29) is 5.38 Å². The molecule has 1 rings (SSSR count). The lowest BCUT2D eigenvalue weighted by molar-refractivity contribution is 0.986. The smallest absolute Gasteiger partial charge is 0.0590 e. The van der Waals surface area contributed by atoms with Gasteiger partial charge in [-0.15, -0.1) is 11.6 Å². The van der Waals surface area contributed by atoms with Crippen molar-refractivity contribution in [3.63, 3.8) is 0 Å². The molecule has 1 aromatic rings. The van der Waals surface area contributed by atoms with Crippen LogP contribution < -0.4 is 5.32 Å². The van der Waals surface area contributed by atoms with Gasteiger partial charge in [-0.3, -0.25) is 4.98 Å². The molecule has 0 aliphatic heterocycles. The minimum atomic E-state index is 0.130. The predicted octanol–water partition coefficient (Wildman–Crippen LogP) is 2.88. The molecule has 0 bridgehead atoms. The molecule has 0 saturated carbocycles. The predicted molar refractivity (Wildman–Crippen MR) is 55.7 cm³/mol. The molecule has 1 N–H and O–H groups in total. The van der Waals surface area contributed by atoms with E-state index in [0.29, 0.717) is 0 Å². The minimum absolute atomic E-state index is 0.130. The minimum Gasteiger partial charge on any atom is -0.383 e. The number of hydrogen-bond donors (Lipinski definition) is 1. The number of nitrogens with zero attached hydrogens (tertiary/aromatic N) is 1. The monoisotopic (exact) mass is 248 g/mol. The molecule has 0 radical (unpaired) electrons. The number of anilines is 1. The third-order valence-corrected chi connectivity index (χ3v) is 2.13. The number of pyridine rings is 1. The summed E-state index contributed by atoms with van der Waals surface area (Å²) in [7, 11) is 0. The first-order valence-electron chi connectivity index (χ1n) is 3.67. The number of aromatic nitrogens is 1. The second kappa shape index (κ2) is 4.67. The number of rotatable bonds is 3. The fourth-order valence-corrected chi connectivity index (χ4v) is 1.24. The van der Waals surface area contributed by atoms with E-state index < -0.39 is 0 Å². The molecule has 0 spiro atoms. The lowest BCUT2D eigenvalue weighted by Crippen LogP contribution is -2.10. The van der Waals surface area contributed by atoms with Gasteiger partial charge in [-0.05, 0) is 28.9 Å². The lowest BCUT2D eigenvalue weighted by atomic mass is 10.4. The van der Waals surface area contributed by atoms with Crippen LogP contribution in [0, 0.1) is 0 Å². The van der Waals surface area contributed by atoms with Crippen molar-refractivity contribution in [2.75, 3.05) is 11.9 Å². The van der Waals surface area contributed by atoms with Crippen molar-refractivity contribution in [1.82, 2.24) is 4.98 Å². The fourth-order valence-electron chi connectivity index (χ4n) is 0.769. The van der Waals surface area contributed by atoms with Crippen molar-refractivity contribution < 1.29 is 0 Å². The van der Waals surface area contributed by atoms with E-state index in [1.165, 1.54) is 0 Å². The van der Waals surface area contributed by atoms with Gasteiger partial charge < -0.3 is 5.32 Å². The highest BCUT2D eigenvalue weighted by molar-refractivity contribution is 9.10. The summed E-state index contributed by atoms with van der Waals surface area (Å²) in [6.45, 7) is 2.70. The SMILES string of the molecule is CC(Cl)CNc1ccncc1Br. The number of halogens is 2. The molecule has 1 atom stereocenters. The summed E-state index contributed by atoms with van der Waals surface area (Å²) in [6.07, 6.45) is 3.49. The molecule has 0 aromatic carbocycles. The Hall–Kier alpha value is -0.280. The van der Waals surface area contributed by atoms with E-state index in [0.717, 1.165) is 16.7 Å². The van der Waals surface area contributed by atoms with E-state index in [9.17, 15) is 0 Å². The zero-order chi connectivity index (χ0) is 8.97. The molecule has 0 aliphatic carbocycles. The van der Waals surface area contributed by atoms with Crippen molar-refractivity contribution in [1.29, 1.82) is 0 Å². The first kappa shape index (κ1) is 9.81. The molecule has 0 saturated heterocycles. The van der Waals surface area contributed by atoms with Gasteiger partial charge in [0.1, 0.15) is 0 Å². The molecule has 4 heteroatoms. The van der Waals surface area contributed by atoms with Crippen LogP contribution in [0.5, 0.6) is 0 Å². The largest absolute Gasteiger partial charge is 0.383 e. The summed E-state index contributed by atoms with van der Waals surface area (Å²) in [4.78, 5) is 3.95. The zero-order valence-corrected chi connectivity index (χ0v) is 9.06. The highest BCUT2D eigenvalue weighted by Crippen LogP contribution is 2.19. The van der Waals surface area contributed by atoms with E-state index in [1.807, 2.05) is 13.0 Å². The van der Waals surface area contributed by atoms with Gasteiger partial charge >= 0.3 is 0 Å². The molecule has 1 heterocycles. The van der Waals surface area contributed by atoms with Gasteiger partial charge in [0.25, 0.3) is 0 Å². The molecule has 1 aromatic heterocycles. The number of alkyl halides is 1. The molecular formula is C8H10BrClN2. The zero-order valence-electron chi connectivity index (χ0n) is 6.72. The summed E-state index contributed by atoms with van der Waals surface area (Å²) in [5, 5.41) is 3.32. The van der Waals surface area contributed by atoms with Crippen LogP contribution in [0.15, 0.2) is 22.9 Å². The van der Waals surface area contributed by atoms with E-state index >= 15 is 0 Å². The Balaban J connectivity index is 2.57. The van der Waals surface area contributed by atoms with Crippen molar-refractivity contribution in [3.8, 4) is 0 Å². The summed E-state index contributed by atoms with van der Waals surface area (Å²) >= 11 is 9.16. The third kappa shape index (κ3) is 2.99. The number of hydrogen-bond acceptors (Lipinski definition) is 2. The summed E-state index contributed by atoms with van der Waals surface area (Å²) in [5.74, 6) is 0. The molecular weight excluding hydrogens is 239 g/mol. The normalized spacial score (nSPS) is 12.6. The highest BCUT2D eigenvalue weighted by atomic mass is 79.9. The lowest BCUT2D eigenvalue weighted by Gasteiger charge is -2.08. The van der Waals surface area contributed by atoms with E-state index in [4.69, 9.17) is 11.6 Å². The Morgan fingerprint density at radius 1 is 1.75 bits per heavy atom. The molecule has 2 nitrogen and oxygen atoms in total. The fraction of sp³-hybridized carbons (Fsp3) is 0.375. The van der Waals surface area contributed by atoms with Crippen LogP contribution in [0.3, 0.4) is 0 Å². The molecule has 66 valence electrons. The van der Waals surface area contributed by atoms with Crippen LogP contribution in [-0.4, -0.2) is 16.9 Å². The van der Waals surface area contributed by atoms with Crippen molar-refractivity contribution in [3.05, 3.63) is 22.9 Å². The maximum Gasteiger partial charge on any atom is 0.0590 e. The number of nitrogens with one attached hydrogen (secondary N) is 1. The first-order valence-corrected chi connectivity index (χ1v) is 4.90. The van der Waals surface area contributed by atoms with Crippen LogP contribution in [-0.2, 0) is 0 Å². The average molecular weight is 250 g/mol. The van der Waals surface area contributed by atoms with Crippen molar-refractivity contribution >= 4 is 33.2 Å². The molecule has 0 aliphatic rings. The molecule has 1 unspecified atom stereocenters. The van der Waals surface area contributed by atoms with Crippen LogP contribution in [0.4, 0.5) is 5.69 Å². The summed E-state index contributed by atoms with van der Waals surface area (Å²) in [6, 6.07) is 1.91. The Labute approximate surface area is 85.5 Å². The molecule has 12 heavy (non-hydrogen) atoms. The molecule has 0 amide bonds.